The highest BCUT2D eigenvalue weighted by molar-refractivity contribution is 6.03. The molecular formula is C29H31NO6. The molecule has 1 unspecified atom stereocenters. The molecule has 7 heteroatoms. The van der Waals surface area contributed by atoms with Gasteiger partial charge in [-0.25, -0.2) is 0 Å². The third kappa shape index (κ3) is 5.02. The van der Waals surface area contributed by atoms with E-state index in [1.54, 1.807) is 34.5 Å². The molecule has 188 valence electrons. The molecular weight excluding hydrogens is 458 g/mol. The number of benzene rings is 3. The van der Waals surface area contributed by atoms with Crippen molar-refractivity contribution in [3.8, 4) is 34.1 Å². The number of H-pyrrole nitrogens is 1. The van der Waals surface area contributed by atoms with Crippen molar-refractivity contribution in [3.05, 3.63) is 71.9 Å². The van der Waals surface area contributed by atoms with E-state index in [9.17, 15) is 9.90 Å². The maximum atomic E-state index is 13.6. The molecule has 0 aliphatic rings. The summed E-state index contributed by atoms with van der Waals surface area (Å²) >= 11 is 0. The Morgan fingerprint density at radius 2 is 1.64 bits per heavy atom. The molecule has 7 nitrogen and oxygen atoms in total. The molecule has 4 aromatic rings. The minimum Gasteiger partial charge on any atom is -0.497 e. The van der Waals surface area contributed by atoms with E-state index in [4.69, 9.17) is 18.9 Å². The smallest absolute Gasteiger partial charge is 0.203 e. The Morgan fingerprint density at radius 1 is 0.917 bits per heavy atom. The van der Waals surface area contributed by atoms with E-state index in [2.05, 4.69) is 4.98 Å². The number of ketones is 1. The first-order valence-electron chi connectivity index (χ1n) is 11.7. The monoisotopic (exact) mass is 489 g/mol. The molecule has 0 saturated heterocycles. The lowest BCUT2D eigenvalue weighted by molar-refractivity contribution is 0.0936. The maximum Gasteiger partial charge on any atom is 0.203 e. The van der Waals surface area contributed by atoms with E-state index in [0.717, 1.165) is 22.0 Å². The first kappa shape index (κ1) is 25.1. The Morgan fingerprint density at radius 3 is 2.28 bits per heavy atom. The van der Waals surface area contributed by atoms with Crippen LogP contribution in [-0.2, 0) is 6.42 Å². The van der Waals surface area contributed by atoms with Crippen molar-refractivity contribution >= 4 is 16.7 Å². The number of aliphatic hydroxyl groups is 1. The number of ether oxygens (including phenoxy) is 4. The molecule has 36 heavy (non-hydrogen) atoms. The van der Waals surface area contributed by atoms with Crippen LogP contribution in [0.5, 0.6) is 23.0 Å². The lowest BCUT2D eigenvalue weighted by Gasteiger charge is -2.18. The van der Waals surface area contributed by atoms with E-state index < -0.39 is 0 Å². The van der Waals surface area contributed by atoms with Crippen molar-refractivity contribution < 1.29 is 28.8 Å². The first-order valence-corrected chi connectivity index (χ1v) is 11.7. The quantitative estimate of drug-likeness (QED) is 0.278. The van der Waals surface area contributed by atoms with Gasteiger partial charge in [-0.1, -0.05) is 18.2 Å². The lowest BCUT2D eigenvalue weighted by atomic mass is 9.89. The summed E-state index contributed by atoms with van der Waals surface area (Å²) in [5, 5.41) is 11.2. The number of para-hydroxylation sites is 1. The van der Waals surface area contributed by atoms with E-state index >= 15 is 0 Å². The first-order chi connectivity index (χ1) is 17.5. The molecule has 1 atom stereocenters. The second kappa shape index (κ2) is 11.2. The van der Waals surface area contributed by atoms with Crippen LogP contribution in [-0.4, -0.2) is 50.9 Å². The van der Waals surface area contributed by atoms with Crippen LogP contribution in [0, 0.1) is 5.92 Å². The van der Waals surface area contributed by atoms with Gasteiger partial charge in [0.25, 0.3) is 0 Å². The van der Waals surface area contributed by atoms with E-state index in [1.165, 1.54) is 0 Å². The summed E-state index contributed by atoms with van der Waals surface area (Å²) in [7, 11) is 6.22. The highest BCUT2D eigenvalue weighted by Crippen LogP contribution is 2.42. The number of rotatable bonds is 11. The minimum absolute atomic E-state index is 0.0865. The highest BCUT2D eigenvalue weighted by Gasteiger charge is 2.22. The number of aromatic amines is 1. The number of hydrogen-bond donors (Lipinski definition) is 2. The van der Waals surface area contributed by atoms with Crippen molar-refractivity contribution in [2.75, 3.05) is 35.0 Å². The molecule has 4 rings (SSSR count). The fourth-order valence-corrected chi connectivity index (χ4v) is 4.55. The molecule has 0 spiro atoms. The summed E-state index contributed by atoms with van der Waals surface area (Å²) in [5.74, 6) is 1.71. The molecule has 0 aliphatic heterocycles. The van der Waals surface area contributed by atoms with Crippen molar-refractivity contribution in [1.29, 1.82) is 0 Å². The largest absolute Gasteiger partial charge is 0.497 e. The molecule has 0 amide bonds. The van der Waals surface area contributed by atoms with E-state index in [-0.39, 0.29) is 24.7 Å². The average Bonchev–Trinajstić information content (AvgIpc) is 3.33. The molecule has 1 heterocycles. The van der Waals surface area contributed by atoms with Crippen molar-refractivity contribution in [2.24, 2.45) is 5.92 Å². The zero-order valence-electron chi connectivity index (χ0n) is 21.0. The number of methoxy groups -OCH3 is 4. The fraction of sp³-hybridized carbons (Fsp3) is 0.276. The number of aliphatic hydroxyl groups excluding tert-OH is 1. The van der Waals surface area contributed by atoms with E-state index in [1.807, 2.05) is 54.7 Å². The number of fused-ring (bicyclic) bond motifs is 1. The molecule has 0 bridgehead atoms. The maximum absolute atomic E-state index is 13.6. The number of carbonyl (C=O) groups excluding carboxylic acids is 1. The highest BCUT2D eigenvalue weighted by atomic mass is 16.5. The SMILES string of the molecule is COc1ccc(-c2cc(OC)c(OC)c(OC)c2)c(C(=O)CC(CO)Cc2c[nH]c3ccccc23)c1. The van der Waals surface area contributed by atoms with Gasteiger partial charge in [0.15, 0.2) is 17.3 Å². The average molecular weight is 490 g/mol. The normalized spacial score (nSPS) is 11.8. The van der Waals surface area contributed by atoms with E-state index in [0.29, 0.717) is 40.5 Å². The van der Waals surface area contributed by atoms with Gasteiger partial charge in [-0.2, -0.15) is 0 Å². The number of aromatic nitrogens is 1. The van der Waals surface area contributed by atoms with Crippen LogP contribution in [0.3, 0.4) is 0 Å². The summed E-state index contributed by atoms with van der Waals surface area (Å²) in [5.41, 5.74) is 4.07. The van der Waals surface area contributed by atoms with Gasteiger partial charge in [-0.15, -0.1) is 0 Å². The summed E-state index contributed by atoms with van der Waals surface area (Å²) in [6.45, 7) is -0.102. The molecule has 0 fully saturated rings. The van der Waals surface area contributed by atoms with Gasteiger partial charge in [-0.3, -0.25) is 4.79 Å². The molecule has 2 N–H and O–H groups in total. The number of carbonyl (C=O) groups is 1. The second-order valence-electron chi connectivity index (χ2n) is 8.57. The van der Waals surface area contributed by atoms with Crippen molar-refractivity contribution in [2.45, 2.75) is 12.8 Å². The Hall–Kier alpha value is -3.97. The molecule has 1 aromatic heterocycles. The predicted octanol–water partition coefficient (Wildman–Crippen LogP) is 5.29. The molecule has 0 saturated carbocycles. The zero-order valence-corrected chi connectivity index (χ0v) is 21.0. The summed E-state index contributed by atoms with van der Waals surface area (Å²) < 4.78 is 21.9. The zero-order chi connectivity index (χ0) is 25.7. The Bertz CT molecular complexity index is 1330. The van der Waals surface area contributed by atoms with Crippen LogP contribution in [0.4, 0.5) is 0 Å². The number of Topliss-reactive ketones (excluding diaryl/α,β-unsaturated/α-hetero) is 1. The standard InChI is InChI=1S/C29H31NO6/c1-33-21-9-10-22(19-13-27(34-2)29(36-4)28(14-19)35-3)24(15-21)26(32)12-18(17-31)11-20-16-30-25-8-6-5-7-23(20)25/h5-10,13-16,18,30-31H,11-12,17H2,1-4H3. The molecule has 0 radical (unpaired) electrons. The van der Waals surface area contributed by atoms with Crippen LogP contribution in [0.15, 0.2) is 60.8 Å². The van der Waals surface area contributed by atoms with Crippen LogP contribution < -0.4 is 18.9 Å². The van der Waals surface area contributed by atoms with Gasteiger partial charge >= 0.3 is 0 Å². The van der Waals surface area contributed by atoms with Crippen LogP contribution in [0.1, 0.15) is 22.3 Å². The van der Waals surface area contributed by atoms with Crippen LogP contribution in [0.25, 0.3) is 22.0 Å². The topological polar surface area (TPSA) is 90.0 Å². The number of nitrogens with one attached hydrogen (secondary N) is 1. The third-order valence-electron chi connectivity index (χ3n) is 6.42. The Labute approximate surface area is 210 Å². The fourth-order valence-electron chi connectivity index (χ4n) is 4.55. The van der Waals surface area contributed by atoms with Gasteiger partial charge < -0.3 is 29.0 Å². The van der Waals surface area contributed by atoms with Gasteiger partial charge in [0, 0.05) is 35.7 Å². The van der Waals surface area contributed by atoms with Crippen LogP contribution >= 0.6 is 0 Å². The number of hydrogen-bond acceptors (Lipinski definition) is 6. The van der Waals surface area contributed by atoms with Crippen molar-refractivity contribution in [3.63, 3.8) is 0 Å². The summed E-state index contributed by atoms with van der Waals surface area (Å²) in [6.07, 6.45) is 2.71. The van der Waals surface area contributed by atoms with Crippen molar-refractivity contribution in [1.82, 2.24) is 4.98 Å². The molecule has 3 aromatic carbocycles. The lowest BCUT2D eigenvalue weighted by Crippen LogP contribution is -2.16. The van der Waals surface area contributed by atoms with Gasteiger partial charge in [0.05, 0.1) is 28.4 Å². The summed E-state index contributed by atoms with van der Waals surface area (Å²) in [4.78, 5) is 16.9. The Kier molecular flexibility index (Phi) is 7.80. The summed E-state index contributed by atoms with van der Waals surface area (Å²) in [6, 6.07) is 17.0. The predicted molar refractivity (Wildman–Crippen MR) is 140 cm³/mol. The van der Waals surface area contributed by atoms with Gasteiger partial charge in [-0.05, 0) is 65.4 Å². The second-order valence-corrected chi connectivity index (χ2v) is 8.57. The molecule has 0 aliphatic carbocycles. The van der Waals surface area contributed by atoms with Crippen LogP contribution in [0.2, 0.25) is 0 Å². The van der Waals surface area contributed by atoms with Gasteiger partial charge in [0.2, 0.25) is 5.75 Å². The van der Waals surface area contributed by atoms with Gasteiger partial charge in [0.1, 0.15) is 5.75 Å². The Balaban J connectivity index is 1.68. The third-order valence-corrected chi connectivity index (χ3v) is 6.42. The minimum atomic E-state index is -0.240.